The molecule has 0 radical (unpaired) electrons. The summed E-state index contributed by atoms with van der Waals surface area (Å²) in [5.74, 6) is 0.293. The van der Waals surface area contributed by atoms with Crippen LogP contribution in [0.15, 0.2) is 0 Å². The molecule has 0 aliphatic rings. The smallest absolute Gasteiger partial charge is 0.236 e. The van der Waals surface area contributed by atoms with Gasteiger partial charge in [0.1, 0.15) is 0 Å². The SMILES string of the molecule is CC(C)CNC(=O)C(C)NCC(C)(C)S(C)(=O)=O. The molecule has 0 aromatic carbocycles. The number of hydrogen-bond acceptors (Lipinski definition) is 4. The lowest BCUT2D eigenvalue weighted by Crippen LogP contribution is -2.49. The lowest BCUT2D eigenvalue weighted by Gasteiger charge is -2.25. The fraction of sp³-hybridized carbons (Fsp3) is 0.917. The Morgan fingerprint density at radius 2 is 1.72 bits per heavy atom. The number of amides is 1. The Balaban J connectivity index is 4.26. The quantitative estimate of drug-likeness (QED) is 0.713. The van der Waals surface area contributed by atoms with Gasteiger partial charge in [0.25, 0.3) is 0 Å². The monoisotopic (exact) mass is 278 g/mol. The summed E-state index contributed by atoms with van der Waals surface area (Å²) in [7, 11) is -3.14. The molecule has 0 aliphatic carbocycles. The average molecular weight is 278 g/mol. The van der Waals surface area contributed by atoms with Crippen molar-refractivity contribution in [2.75, 3.05) is 19.3 Å². The van der Waals surface area contributed by atoms with E-state index in [2.05, 4.69) is 10.6 Å². The predicted molar refractivity (Wildman–Crippen MR) is 74.2 cm³/mol. The van der Waals surface area contributed by atoms with Gasteiger partial charge in [0.05, 0.1) is 10.8 Å². The highest BCUT2D eigenvalue weighted by molar-refractivity contribution is 7.92. The van der Waals surface area contributed by atoms with Gasteiger partial charge in [-0.2, -0.15) is 0 Å². The number of carbonyl (C=O) groups excluding carboxylic acids is 1. The van der Waals surface area contributed by atoms with Crippen LogP contribution in [0.3, 0.4) is 0 Å². The van der Waals surface area contributed by atoms with Crippen molar-refractivity contribution in [2.24, 2.45) is 5.92 Å². The van der Waals surface area contributed by atoms with Crippen molar-refractivity contribution >= 4 is 15.7 Å². The summed E-state index contributed by atoms with van der Waals surface area (Å²) >= 11 is 0. The summed E-state index contributed by atoms with van der Waals surface area (Å²) < 4.78 is 22.1. The Morgan fingerprint density at radius 3 is 2.11 bits per heavy atom. The van der Waals surface area contributed by atoms with Crippen molar-refractivity contribution in [3.63, 3.8) is 0 Å². The van der Waals surface area contributed by atoms with E-state index in [1.807, 2.05) is 13.8 Å². The second kappa shape index (κ2) is 6.52. The second-order valence-electron chi connectivity index (χ2n) is 5.77. The Morgan fingerprint density at radius 1 is 1.22 bits per heavy atom. The molecule has 0 fully saturated rings. The molecular formula is C12H26N2O3S. The third kappa shape index (κ3) is 5.82. The van der Waals surface area contributed by atoms with E-state index in [0.29, 0.717) is 12.5 Å². The molecule has 108 valence electrons. The van der Waals surface area contributed by atoms with Gasteiger partial charge in [-0.1, -0.05) is 13.8 Å². The summed E-state index contributed by atoms with van der Waals surface area (Å²) in [6.07, 6.45) is 1.21. The zero-order chi connectivity index (χ0) is 14.6. The zero-order valence-electron chi connectivity index (χ0n) is 12.2. The van der Waals surface area contributed by atoms with Crippen molar-refractivity contribution in [3.8, 4) is 0 Å². The summed E-state index contributed by atoms with van der Waals surface area (Å²) in [6.45, 7) is 9.94. The fourth-order valence-corrected chi connectivity index (χ4v) is 1.43. The molecule has 0 saturated carbocycles. The van der Waals surface area contributed by atoms with Crippen molar-refractivity contribution < 1.29 is 13.2 Å². The van der Waals surface area contributed by atoms with E-state index in [0.717, 1.165) is 0 Å². The minimum Gasteiger partial charge on any atom is -0.354 e. The largest absolute Gasteiger partial charge is 0.354 e. The normalized spacial score (nSPS) is 14.6. The molecule has 0 heterocycles. The first-order valence-electron chi connectivity index (χ1n) is 6.18. The third-order valence-electron chi connectivity index (χ3n) is 2.92. The van der Waals surface area contributed by atoms with Crippen LogP contribution in [0.25, 0.3) is 0 Å². The van der Waals surface area contributed by atoms with Gasteiger partial charge in [0.15, 0.2) is 9.84 Å². The van der Waals surface area contributed by atoms with Crippen molar-refractivity contribution in [3.05, 3.63) is 0 Å². The van der Waals surface area contributed by atoms with Gasteiger partial charge in [-0.3, -0.25) is 4.79 Å². The Kier molecular flexibility index (Phi) is 6.29. The highest BCUT2D eigenvalue weighted by Crippen LogP contribution is 2.13. The summed E-state index contributed by atoms with van der Waals surface area (Å²) in [5.41, 5.74) is 0. The number of nitrogens with one attached hydrogen (secondary N) is 2. The Labute approximate surface area is 111 Å². The van der Waals surface area contributed by atoms with Gasteiger partial charge in [-0.15, -0.1) is 0 Å². The maximum absolute atomic E-state index is 11.7. The van der Waals surface area contributed by atoms with E-state index in [1.54, 1.807) is 20.8 Å². The van der Waals surface area contributed by atoms with Crippen LogP contribution in [-0.4, -0.2) is 44.5 Å². The van der Waals surface area contributed by atoms with Crippen LogP contribution in [0, 0.1) is 5.92 Å². The molecule has 5 nitrogen and oxygen atoms in total. The molecule has 0 bridgehead atoms. The van der Waals surface area contributed by atoms with Gasteiger partial charge in [0.2, 0.25) is 5.91 Å². The molecule has 0 aromatic rings. The molecule has 18 heavy (non-hydrogen) atoms. The first-order valence-corrected chi connectivity index (χ1v) is 8.07. The van der Waals surface area contributed by atoms with E-state index >= 15 is 0 Å². The maximum Gasteiger partial charge on any atom is 0.236 e. The van der Waals surface area contributed by atoms with Gasteiger partial charge in [-0.25, -0.2) is 8.42 Å². The predicted octanol–water partition coefficient (Wildman–Crippen LogP) is 0.560. The fourth-order valence-electron chi connectivity index (χ4n) is 1.08. The third-order valence-corrected chi connectivity index (χ3v) is 5.07. The summed E-state index contributed by atoms with van der Waals surface area (Å²) in [6, 6.07) is -0.398. The average Bonchev–Trinajstić information content (AvgIpc) is 2.20. The first kappa shape index (κ1) is 17.4. The van der Waals surface area contributed by atoms with Crippen LogP contribution in [0.4, 0.5) is 0 Å². The van der Waals surface area contributed by atoms with E-state index < -0.39 is 20.6 Å². The minimum atomic E-state index is -3.14. The number of carbonyl (C=O) groups is 1. The molecular weight excluding hydrogens is 252 g/mol. The molecule has 0 aliphatic heterocycles. The van der Waals surface area contributed by atoms with E-state index in [-0.39, 0.29) is 12.5 Å². The van der Waals surface area contributed by atoms with E-state index in [1.165, 1.54) is 6.26 Å². The maximum atomic E-state index is 11.7. The number of sulfone groups is 1. The molecule has 6 heteroatoms. The standard InChI is InChI=1S/C12H26N2O3S/c1-9(2)7-13-11(15)10(3)14-8-12(4,5)18(6,16)17/h9-10,14H,7-8H2,1-6H3,(H,13,15). The second-order valence-corrected chi connectivity index (χ2v) is 8.42. The van der Waals surface area contributed by atoms with Crippen molar-refractivity contribution in [1.29, 1.82) is 0 Å². The molecule has 0 rings (SSSR count). The van der Waals surface area contributed by atoms with Crippen molar-refractivity contribution in [1.82, 2.24) is 10.6 Å². The molecule has 0 saturated heterocycles. The first-order chi connectivity index (χ1) is 7.97. The molecule has 0 spiro atoms. The molecule has 1 unspecified atom stereocenters. The highest BCUT2D eigenvalue weighted by atomic mass is 32.2. The van der Waals surface area contributed by atoms with Crippen molar-refractivity contribution in [2.45, 2.75) is 45.4 Å². The van der Waals surface area contributed by atoms with Crippen LogP contribution >= 0.6 is 0 Å². The van der Waals surface area contributed by atoms with Gasteiger partial charge >= 0.3 is 0 Å². The molecule has 1 atom stereocenters. The number of hydrogen-bond donors (Lipinski definition) is 2. The van der Waals surface area contributed by atoms with Crippen LogP contribution in [-0.2, 0) is 14.6 Å². The number of rotatable bonds is 7. The van der Waals surface area contributed by atoms with E-state index in [9.17, 15) is 13.2 Å². The lowest BCUT2D eigenvalue weighted by atomic mass is 10.2. The van der Waals surface area contributed by atoms with Crippen LogP contribution in [0.1, 0.15) is 34.6 Å². The van der Waals surface area contributed by atoms with E-state index in [4.69, 9.17) is 0 Å². The summed E-state index contributed by atoms with van der Waals surface area (Å²) in [4.78, 5) is 11.7. The van der Waals surface area contributed by atoms with Crippen LogP contribution in [0.2, 0.25) is 0 Å². The van der Waals surface area contributed by atoms with Gasteiger partial charge in [-0.05, 0) is 26.7 Å². The highest BCUT2D eigenvalue weighted by Gasteiger charge is 2.30. The topological polar surface area (TPSA) is 75.3 Å². The minimum absolute atomic E-state index is 0.104. The van der Waals surface area contributed by atoms with Gasteiger partial charge < -0.3 is 10.6 Å². The lowest BCUT2D eigenvalue weighted by molar-refractivity contribution is -0.122. The Bertz CT molecular complexity index is 375. The van der Waals surface area contributed by atoms with Gasteiger partial charge in [0, 0.05) is 19.3 Å². The molecule has 2 N–H and O–H groups in total. The zero-order valence-corrected chi connectivity index (χ0v) is 13.0. The molecule has 0 aromatic heterocycles. The molecule has 1 amide bonds. The summed E-state index contributed by atoms with van der Waals surface area (Å²) in [5, 5.41) is 5.77. The Hall–Kier alpha value is -0.620. The van der Waals surface area contributed by atoms with Crippen LogP contribution in [0.5, 0.6) is 0 Å². The van der Waals surface area contributed by atoms with Crippen LogP contribution < -0.4 is 10.6 Å².